The summed E-state index contributed by atoms with van der Waals surface area (Å²) in [6.45, 7) is 3.98. The molecule has 7 heteroatoms. The van der Waals surface area contributed by atoms with Crippen molar-refractivity contribution in [3.05, 3.63) is 99.8 Å². The van der Waals surface area contributed by atoms with Crippen molar-refractivity contribution in [2.24, 2.45) is 0 Å². The van der Waals surface area contributed by atoms with Gasteiger partial charge in [-0.1, -0.05) is 48.0 Å². The minimum atomic E-state index is -0.152. The van der Waals surface area contributed by atoms with Gasteiger partial charge in [0.15, 0.2) is 16.6 Å². The first kappa shape index (κ1) is 22.0. The lowest BCUT2D eigenvalue weighted by molar-refractivity contribution is 0.172. The summed E-state index contributed by atoms with van der Waals surface area (Å²) in [7, 11) is 0. The molecule has 0 amide bonds. The number of nitrogens with one attached hydrogen (secondary N) is 2. The van der Waals surface area contributed by atoms with Crippen molar-refractivity contribution in [1.29, 1.82) is 0 Å². The molecule has 34 heavy (non-hydrogen) atoms. The largest absolute Gasteiger partial charge is 0.486 e. The highest BCUT2D eigenvalue weighted by molar-refractivity contribution is 7.80. The van der Waals surface area contributed by atoms with Crippen LogP contribution in [0.5, 0.6) is 11.5 Å². The summed E-state index contributed by atoms with van der Waals surface area (Å²) < 4.78 is 11.4. The van der Waals surface area contributed by atoms with E-state index in [4.69, 9.17) is 21.7 Å². The van der Waals surface area contributed by atoms with E-state index in [0.29, 0.717) is 54.0 Å². The van der Waals surface area contributed by atoms with Crippen molar-refractivity contribution < 1.29 is 9.47 Å². The maximum absolute atomic E-state index is 13.0. The van der Waals surface area contributed by atoms with E-state index in [1.807, 2.05) is 72.5 Å². The third kappa shape index (κ3) is 4.89. The second-order valence-electron chi connectivity index (χ2n) is 8.34. The summed E-state index contributed by atoms with van der Waals surface area (Å²) in [6.07, 6.45) is 0. The van der Waals surface area contributed by atoms with Gasteiger partial charge in [0.05, 0.1) is 12.1 Å². The molecule has 0 unspecified atom stereocenters. The molecule has 0 aliphatic carbocycles. The lowest BCUT2D eigenvalue weighted by atomic mass is 10.1. The first-order valence-corrected chi connectivity index (χ1v) is 11.6. The van der Waals surface area contributed by atoms with Crippen LogP contribution in [0.1, 0.15) is 16.7 Å². The maximum atomic E-state index is 13.0. The highest BCUT2D eigenvalue weighted by Crippen LogP contribution is 2.33. The predicted molar refractivity (Wildman–Crippen MR) is 139 cm³/mol. The molecule has 4 aromatic rings. The quantitative estimate of drug-likeness (QED) is 0.399. The van der Waals surface area contributed by atoms with E-state index in [2.05, 4.69) is 22.4 Å². The molecule has 1 aliphatic heterocycles. The fraction of sp³-hybridized carbons (Fsp3) is 0.185. The van der Waals surface area contributed by atoms with Gasteiger partial charge < -0.3 is 24.7 Å². The molecule has 0 radical (unpaired) electrons. The highest BCUT2D eigenvalue weighted by Gasteiger charge is 2.17. The summed E-state index contributed by atoms with van der Waals surface area (Å²) in [5.74, 6) is 1.34. The number of hydrogen-bond donors (Lipinski definition) is 2. The Morgan fingerprint density at radius 3 is 2.41 bits per heavy atom. The van der Waals surface area contributed by atoms with Gasteiger partial charge in [0, 0.05) is 29.2 Å². The Kier molecular flexibility index (Phi) is 6.18. The predicted octanol–water partition coefficient (Wildman–Crippen LogP) is 5.01. The molecular weight excluding hydrogens is 446 g/mol. The third-order valence-electron chi connectivity index (χ3n) is 5.75. The van der Waals surface area contributed by atoms with Gasteiger partial charge in [-0.15, -0.1) is 0 Å². The van der Waals surface area contributed by atoms with Crippen LogP contribution in [0.4, 0.5) is 5.69 Å². The monoisotopic (exact) mass is 471 g/mol. The van der Waals surface area contributed by atoms with Crippen molar-refractivity contribution in [3.8, 4) is 11.5 Å². The number of aryl methyl sites for hydroxylation is 1. The zero-order valence-corrected chi connectivity index (χ0v) is 19.7. The Balaban J connectivity index is 1.45. The Hall–Kier alpha value is -3.84. The SMILES string of the molecule is Cc1ccc(NC(=S)N(Cc2ccccc2)Cc2cc3cc4c(cc3[nH]c2=O)OCCO4)cc1. The summed E-state index contributed by atoms with van der Waals surface area (Å²) in [6, 6.07) is 23.8. The molecule has 0 atom stereocenters. The number of aromatic amines is 1. The normalized spacial score (nSPS) is 12.4. The van der Waals surface area contributed by atoms with E-state index < -0.39 is 0 Å². The number of anilines is 1. The molecule has 2 N–H and O–H groups in total. The molecule has 0 spiro atoms. The number of rotatable bonds is 5. The number of ether oxygens (including phenoxy) is 2. The topological polar surface area (TPSA) is 66.6 Å². The fourth-order valence-corrected chi connectivity index (χ4v) is 4.20. The molecule has 0 saturated carbocycles. The van der Waals surface area contributed by atoms with Crippen molar-refractivity contribution in [2.45, 2.75) is 20.0 Å². The van der Waals surface area contributed by atoms with Gasteiger partial charge in [-0.25, -0.2) is 0 Å². The van der Waals surface area contributed by atoms with Crippen LogP contribution in [0, 0.1) is 6.92 Å². The standard InChI is InChI=1S/C27H25N3O3S/c1-18-7-9-22(10-8-18)28-27(34)30(16-19-5-3-2-4-6-19)17-21-13-20-14-24-25(33-12-11-32-24)15-23(20)29-26(21)31/h2-10,13-15H,11-12,16-17H2,1H3,(H,28,34)(H,29,31). The molecule has 0 fully saturated rings. The fourth-order valence-electron chi connectivity index (χ4n) is 3.95. The number of thiocarbonyl (C=S) groups is 1. The second kappa shape index (κ2) is 9.57. The van der Waals surface area contributed by atoms with E-state index in [1.54, 1.807) is 0 Å². The molecule has 1 aromatic heterocycles. The number of aromatic nitrogens is 1. The minimum Gasteiger partial charge on any atom is -0.486 e. The number of benzene rings is 3. The number of fused-ring (bicyclic) bond motifs is 2. The summed E-state index contributed by atoms with van der Waals surface area (Å²) >= 11 is 5.77. The van der Waals surface area contributed by atoms with Crippen LogP contribution < -0.4 is 20.3 Å². The van der Waals surface area contributed by atoms with Crippen LogP contribution in [0.3, 0.4) is 0 Å². The van der Waals surface area contributed by atoms with Crippen LogP contribution in [-0.4, -0.2) is 28.2 Å². The third-order valence-corrected chi connectivity index (χ3v) is 6.11. The number of nitrogens with zero attached hydrogens (tertiary/aromatic N) is 1. The molecule has 0 bridgehead atoms. The van der Waals surface area contributed by atoms with Gasteiger partial charge in [-0.05, 0) is 49.0 Å². The maximum Gasteiger partial charge on any atom is 0.253 e. The molecule has 0 saturated heterocycles. The van der Waals surface area contributed by atoms with Gasteiger partial charge >= 0.3 is 0 Å². The Morgan fingerprint density at radius 2 is 1.68 bits per heavy atom. The van der Waals surface area contributed by atoms with E-state index in [1.165, 1.54) is 5.56 Å². The van der Waals surface area contributed by atoms with Crippen molar-refractivity contribution in [2.75, 3.05) is 18.5 Å². The van der Waals surface area contributed by atoms with Crippen LogP contribution in [-0.2, 0) is 13.1 Å². The zero-order valence-electron chi connectivity index (χ0n) is 18.8. The number of H-pyrrole nitrogens is 1. The lowest BCUT2D eigenvalue weighted by Crippen LogP contribution is -2.35. The summed E-state index contributed by atoms with van der Waals surface area (Å²) in [5, 5.41) is 4.75. The molecular formula is C27H25N3O3S. The first-order chi connectivity index (χ1) is 16.5. The smallest absolute Gasteiger partial charge is 0.253 e. The summed E-state index contributed by atoms with van der Waals surface area (Å²) in [4.78, 5) is 18.0. The van der Waals surface area contributed by atoms with Crippen molar-refractivity contribution in [1.82, 2.24) is 9.88 Å². The van der Waals surface area contributed by atoms with E-state index in [-0.39, 0.29) is 5.56 Å². The van der Waals surface area contributed by atoms with Crippen molar-refractivity contribution in [3.63, 3.8) is 0 Å². The van der Waals surface area contributed by atoms with Crippen LogP contribution in [0.2, 0.25) is 0 Å². The lowest BCUT2D eigenvalue weighted by Gasteiger charge is -2.26. The van der Waals surface area contributed by atoms with Crippen molar-refractivity contribution >= 4 is 33.9 Å². The molecule has 3 aromatic carbocycles. The molecule has 172 valence electrons. The Morgan fingerprint density at radius 1 is 0.971 bits per heavy atom. The summed E-state index contributed by atoms with van der Waals surface area (Å²) in [5.41, 5.74) is 4.37. The Bertz CT molecular complexity index is 1380. The van der Waals surface area contributed by atoms with Crippen LogP contribution in [0.15, 0.2) is 77.6 Å². The van der Waals surface area contributed by atoms with Gasteiger partial charge in [0.2, 0.25) is 0 Å². The van der Waals surface area contributed by atoms with E-state index >= 15 is 0 Å². The minimum absolute atomic E-state index is 0.152. The van der Waals surface area contributed by atoms with Gasteiger partial charge in [0.25, 0.3) is 5.56 Å². The zero-order chi connectivity index (χ0) is 23.5. The molecule has 6 nitrogen and oxygen atoms in total. The van der Waals surface area contributed by atoms with Gasteiger partial charge in [-0.2, -0.15) is 0 Å². The average Bonchev–Trinajstić information content (AvgIpc) is 2.85. The number of hydrogen-bond acceptors (Lipinski definition) is 4. The molecule has 2 heterocycles. The Labute approximate surface area is 203 Å². The number of pyridine rings is 1. The van der Waals surface area contributed by atoms with E-state index in [0.717, 1.165) is 16.6 Å². The van der Waals surface area contributed by atoms with E-state index in [9.17, 15) is 4.79 Å². The average molecular weight is 472 g/mol. The molecule has 5 rings (SSSR count). The second-order valence-corrected chi connectivity index (χ2v) is 8.73. The van der Waals surface area contributed by atoms with Gasteiger partial charge in [0.1, 0.15) is 13.2 Å². The first-order valence-electron chi connectivity index (χ1n) is 11.2. The van der Waals surface area contributed by atoms with Crippen LogP contribution in [0.25, 0.3) is 10.9 Å². The molecule has 1 aliphatic rings. The van der Waals surface area contributed by atoms with Crippen LogP contribution >= 0.6 is 12.2 Å². The van der Waals surface area contributed by atoms with Gasteiger partial charge in [-0.3, -0.25) is 4.79 Å². The highest BCUT2D eigenvalue weighted by atomic mass is 32.1.